The predicted octanol–water partition coefficient (Wildman–Crippen LogP) is 4.69. The number of rotatable bonds is 6. The van der Waals surface area contributed by atoms with E-state index in [1.807, 2.05) is 19.3 Å². The average Bonchev–Trinajstić information content (AvgIpc) is 2.51. The third kappa shape index (κ3) is 3.84. The van der Waals surface area contributed by atoms with Gasteiger partial charge in [0.15, 0.2) is 0 Å². The number of halogens is 1. The molecule has 0 spiro atoms. The molecule has 0 saturated heterocycles. The van der Waals surface area contributed by atoms with E-state index in [2.05, 4.69) is 48.4 Å². The summed E-state index contributed by atoms with van der Waals surface area (Å²) in [5, 5.41) is 4.46. The van der Waals surface area contributed by atoms with Gasteiger partial charge in [-0.1, -0.05) is 37.6 Å². The van der Waals surface area contributed by atoms with Crippen LogP contribution in [-0.2, 0) is 6.42 Å². The molecule has 0 aliphatic carbocycles. The smallest absolute Gasteiger partial charge is 0.0581 e. The topological polar surface area (TPSA) is 24.9 Å². The van der Waals surface area contributed by atoms with Crippen molar-refractivity contribution < 1.29 is 0 Å². The summed E-state index contributed by atoms with van der Waals surface area (Å²) >= 11 is 6.31. The van der Waals surface area contributed by atoms with Gasteiger partial charge in [0, 0.05) is 17.4 Å². The standard InChI is InChI=1S/C18H23ClN2/c1-4-9-21-18(15-7-6-13(3)17(19)11-15)16-8-10-20-12-14(16)5-2/h6-8,10-12,18,21H,4-5,9H2,1-3H3. The first-order chi connectivity index (χ1) is 10.2. The molecular formula is C18H23ClN2. The van der Waals surface area contributed by atoms with E-state index < -0.39 is 0 Å². The number of aryl methyl sites for hydroxylation is 2. The van der Waals surface area contributed by atoms with Crippen LogP contribution in [0.3, 0.4) is 0 Å². The van der Waals surface area contributed by atoms with Crippen LogP contribution in [0.4, 0.5) is 0 Å². The van der Waals surface area contributed by atoms with E-state index in [9.17, 15) is 0 Å². The molecule has 0 amide bonds. The molecular weight excluding hydrogens is 280 g/mol. The van der Waals surface area contributed by atoms with Crippen LogP contribution in [0.5, 0.6) is 0 Å². The molecule has 21 heavy (non-hydrogen) atoms. The normalized spacial score (nSPS) is 12.4. The Morgan fingerprint density at radius 2 is 2.05 bits per heavy atom. The lowest BCUT2D eigenvalue weighted by Gasteiger charge is -2.22. The first-order valence-corrected chi connectivity index (χ1v) is 7.97. The molecule has 1 unspecified atom stereocenters. The number of aromatic nitrogens is 1. The van der Waals surface area contributed by atoms with Gasteiger partial charge in [-0.25, -0.2) is 0 Å². The molecule has 0 fully saturated rings. The molecule has 112 valence electrons. The molecule has 2 aromatic rings. The minimum absolute atomic E-state index is 0.168. The van der Waals surface area contributed by atoms with Gasteiger partial charge in [-0.05, 0) is 60.7 Å². The maximum absolute atomic E-state index is 6.31. The van der Waals surface area contributed by atoms with Gasteiger partial charge in [0.25, 0.3) is 0 Å². The van der Waals surface area contributed by atoms with Crippen molar-refractivity contribution in [1.29, 1.82) is 0 Å². The summed E-state index contributed by atoms with van der Waals surface area (Å²) < 4.78 is 0. The fourth-order valence-corrected chi connectivity index (χ4v) is 2.69. The van der Waals surface area contributed by atoms with Crippen molar-refractivity contribution in [3.8, 4) is 0 Å². The molecule has 0 radical (unpaired) electrons. The molecule has 2 rings (SSSR count). The first-order valence-electron chi connectivity index (χ1n) is 7.59. The highest BCUT2D eigenvalue weighted by molar-refractivity contribution is 6.31. The zero-order chi connectivity index (χ0) is 15.2. The van der Waals surface area contributed by atoms with Crippen LogP contribution in [0.25, 0.3) is 0 Å². The molecule has 0 aliphatic rings. The fourth-order valence-electron chi connectivity index (χ4n) is 2.50. The number of hydrogen-bond donors (Lipinski definition) is 1. The lowest BCUT2D eigenvalue weighted by atomic mass is 9.94. The van der Waals surface area contributed by atoms with Crippen LogP contribution in [0.2, 0.25) is 5.02 Å². The summed E-state index contributed by atoms with van der Waals surface area (Å²) in [5.41, 5.74) is 4.89. The molecule has 1 aromatic heterocycles. The highest BCUT2D eigenvalue weighted by Gasteiger charge is 2.17. The Morgan fingerprint density at radius 3 is 2.71 bits per heavy atom. The minimum Gasteiger partial charge on any atom is -0.306 e. The van der Waals surface area contributed by atoms with E-state index in [0.717, 1.165) is 30.0 Å². The Hall–Kier alpha value is -1.38. The lowest BCUT2D eigenvalue weighted by Crippen LogP contribution is -2.24. The van der Waals surface area contributed by atoms with E-state index in [1.54, 1.807) is 0 Å². The van der Waals surface area contributed by atoms with Gasteiger partial charge in [-0.2, -0.15) is 0 Å². The SMILES string of the molecule is CCCNC(c1ccc(C)c(Cl)c1)c1ccncc1CC. The Kier molecular flexibility index (Phi) is 5.77. The minimum atomic E-state index is 0.168. The summed E-state index contributed by atoms with van der Waals surface area (Å²) in [6, 6.07) is 8.60. The van der Waals surface area contributed by atoms with Crippen LogP contribution in [0.1, 0.15) is 48.6 Å². The van der Waals surface area contributed by atoms with Crippen molar-refractivity contribution in [2.75, 3.05) is 6.54 Å². The molecule has 2 nitrogen and oxygen atoms in total. The molecule has 3 heteroatoms. The van der Waals surface area contributed by atoms with Crippen molar-refractivity contribution in [1.82, 2.24) is 10.3 Å². The van der Waals surface area contributed by atoms with Crippen LogP contribution in [-0.4, -0.2) is 11.5 Å². The number of nitrogens with zero attached hydrogens (tertiary/aromatic N) is 1. The summed E-state index contributed by atoms with van der Waals surface area (Å²) in [7, 11) is 0. The summed E-state index contributed by atoms with van der Waals surface area (Å²) in [6.45, 7) is 7.35. The Labute approximate surface area is 132 Å². The van der Waals surface area contributed by atoms with E-state index in [4.69, 9.17) is 11.6 Å². The largest absolute Gasteiger partial charge is 0.306 e. The van der Waals surface area contributed by atoms with Crippen LogP contribution < -0.4 is 5.32 Å². The van der Waals surface area contributed by atoms with E-state index in [0.29, 0.717) is 0 Å². The van der Waals surface area contributed by atoms with E-state index in [1.165, 1.54) is 16.7 Å². The number of pyridine rings is 1. The second kappa shape index (κ2) is 7.58. The van der Waals surface area contributed by atoms with Crippen molar-refractivity contribution in [2.24, 2.45) is 0 Å². The second-order valence-corrected chi connectivity index (χ2v) is 5.73. The second-order valence-electron chi connectivity index (χ2n) is 5.32. The fraction of sp³-hybridized carbons (Fsp3) is 0.389. The van der Waals surface area contributed by atoms with Crippen molar-refractivity contribution in [2.45, 2.75) is 39.7 Å². The average molecular weight is 303 g/mol. The molecule has 1 N–H and O–H groups in total. The number of nitrogens with one attached hydrogen (secondary N) is 1. The predicted molar refractivity (Wildman–Crippen MR) is 89.9 cm³/mol. The Morgan fingerprint density at radius 1 is 1.24 bits per heavy atom. The van der Waals surface area contributed by atoms with Crippen molar-refractivity contribution in [3.63, 3.8) is 0 Å². The molecule has 0 bridgehead atoms. The van der Waals surface area contributed by atoms with Gasteiger partial charge >= 0.3 is 0 Å². The lowest BCUT2D eigenvalue weighted by molar-refractivity contribution is 0.594. The van der Waals surface area contributed by atoms with Gasteiger partial charge < -0.3 is 5.32 Å². The maximum atomic E-state index is 6.31. The van der Waals surface area contributed by atoms with E-state index in [-0.39, 0.29) is 6.04 Å². The maximum Gasteiger partial charge on any atom is 0.0581 e. The quantitative estimate of drug-likeness (QED) is 0.837. The third-order valence-corrected chi connectivity index (χ3v) is 4.17. The van der Waals surface area contributed by atoms with E-state index >= 15 is 0 Å². The molecule has 0 saturated carbocycles. The zero-order valence-electron chi connectivity index (χ0n) is 13.0. The van der Waals surface area contributed by atoms with Crippen molar-refractivity contribution >= 4 is 11.6 Å². The van der Waals surface area contributed by atoms with Crippen LogP contribution in [0, 0.1) is 6.92 Å². The van der Waals surface area contributed by atoms with Gasteiger partial charge in [0.05, 0.1) is 6.04 Å². The molecule has 1 aromatic carbocycles. The third-order valence-electron chi connectivity index (χ3n) is 3.76. The zero-order valence-corrected chi connectivity index (χ0v) is 13.7. The Balaban J connectivity index is 2.44. The monoisotopic (exact) mass is 302 g/mol. The van der Waals surface area contributed by atoms with Crippen LogP contribution in [0.15, 0.2) is 36.7 Å². The van der Waals surface area contributed by atoms with Gasteiger partial charge in [-0.15, -0.1) is 0 Å². The molecule has 0 aliphatic heterocycles. The van der Waals surface area contributed by atoms with Gasteiger partial charge in [0.2, 0.25) is 0 Å². The van der Waals surface area contributed by atoms with Crippen LogP contribution >= 0.6 is 11.6 Å². The highest BCUT2D eigenvalue weighted by Crippen LogP contribution is 2.28. The molecule has 1 heterocycles. The summed E-state index contributed by atoms with van der Waals surface area (Å²) in [6.07, 6.45) is 5.91. The van der Waals surface area contributed by atoms with Gasteiger partial charge in [-0.3, -0.25) is 4.98 Å². The number of hydrogen-bond acceptors (Lipinski definition) is 2. The summed E-state index contributed by atoms with van der Waals surface area (Å²) in [5.74, 6) is 0. The summed E-state index contributed by atoms with van der Waals surface area (Å²) in [4.78, 5) is 4.25. The number of benzene rings is 1. The van der Waals surface area contributed by atoms with Gasteiger partial charge in [0.1, 0.15) is 0 Å². The first kappa shape index (κ1) is 16.0. The molecule has 1 atom stereocenters. The Bertz CT molecular complexity index is 596. The highest BCUT2D eigenvalue weighted by atomic mass is 35.5. The van der Waals surface area contributed by atoms with Crippen molar-refractivity contribution in [3.05, 3.63) is 63.9 Å².